The topological polar surface area (TPSA) is 62.9 Å². The maximum atomic E-state index is 6.21. The Morgan fingerprint density at radius 3 is 1.34 bits per heavy atom. The molecule has 5 heteroatoms. The van der Waals surface area contributed by atoms with Gasteiger partial charge in [-0.15, -0.1) is 0 Å². The minimum Gasteiger partial charge on any atom is -0.457 e. The summed E-state index contributed by atoms with van der Waals surface area (Å²) in [6.45, 7) is 0. The second-order valence-electron chi connectivity index (χ2n) is 7.66. The molecule has 0 saturated heterocycles. The first-order chi connectivity index (χ1) is 17.2. The molecule has 5 rings (SSSR count). The molecule has 172 valence electrons. The lowest BCUT2D eigenvalue weighted by Gasteiger charge is -2.15. The van der Waals surface area contributed by atoms with Crippen molar-refractivity contribution in [3.8, 4) is 46.0 Å². The second kappa shape index (κ2) is 10.4. The molecule has 0 aromatic heterocycles. The average molecular weight is 462 g/mol. The summed E-state index contributed by atoms with van der Waals surface area (Å²) in [6, 6.07) is 39.3. The zero-order valence-electron chi connectivity index (χ0n) is 18.8. The average Bonchev–Trinajstić information content (AvgIpc) is 2.88. The van der Waals surface area contributed by atoms with Gasteiger partial charge in [0.2, 0.25) is 0 Å². The molecule has 35 heavy (non-hydrogen) atoms. The molecular weight excluding hydrogens is 438 g/mol. The van der Waals surface area contributed by atoms with E-state index in [1.807, 2.05) is 121 Å². The van der Waals surface area contributed by atoms with Crippen molar-refractivity contribution in [2.75, 3.05) is 5.73 Å². The molecule has 0 saturated carbocycles. The molecular formula is C30H23NO4. The summed E-state index contributed by atoms with van der Waals surface area (Å²) in [5.41, 5.74) is 6.50. The van der Waals surface area contributed by atoms with Crippen LogP contribution in [0.2, 0.25) is 0 Å². The summed E-state index contributed by atoms with van der Waals surface area (Å²) in [5.74, 6) is 5.03. The van der Waals surface area contributed by atoms with Crippen LogP contribution in [0.25, 0.3) is 0 Å². The van der Waals surface area contributed by atoms with Crippen LogP contribution < -0.4 is 24.7 Å². The van der Waals surface area contributed by atoms with E-state index < -0.39 is 0 Å². The molecule has 5 aromatic rings. The van der Waals surface area contributed by atoms with E-state index in [4.69, 9.17) is 24.7 Å². The molecule has 0 radical (unpaired) electrons. The van der Waals surface area contributed by atoms with E-state index in [1.165, 1.54) is 0 Å². The molecule has 0 amide bonds. The Labute approximate surface area is 203 Å². The molecule has 0 fully saturated rings. The lowest BCUT2D eigenvalue weighted by Crippen LogP contribution is -1.93. The molecule has 0 spiro atoms. The fourth-order valence-corrected chi connectivity index (χ4v) is 3.39. The summed E-state index contributed by atoms with van der Waals surface area (Å²) in [6.07, 6.45) is 0. The predicted octanol–water partition coefficient (Wildman–Crippen LogP) is 8.44. The number of nitrogens with two attached hydrogens (primary N) is 1. The highest BCUT2D eigenvalue weighted by atomic mass is 16.5. The lowest BCUT2D eigenvalue weighted by molar-refractivity contribution is 0.394. The van der Waals surface area contributed by atoms with Gasteiger partial charge in [0.25, 0.3) is 0 Å². The van der Waals surface area contributed by atoms with E-state index >= 15 is 0 Å². The maximum Gasteiger partial charge on any atom is 0.170 e. The van der Waals surface area contributed by atoms with Gasteiger partial charge in [0.05, 0.1) is 0 Å². The van der Waals surface area contributed by atoms with Gasteiger partial charge in [0.1, 0.15) is 23.0 Å². The molecule has 5 aromatic carbocycles. The van der Waals surface area contributed by atoms with Crippen LogP contribution in [0, 0.1) is 0 Å². The van der Waals surface area contributed by atoms with Crippen LogP contribution in [0.3, 0.4) is 0 Å². The van der Waals surface area contributed by atoms with Crippen molar-refractivity contribution in [2.24, 2.45) is 0 Å². The Balaban J connectivity index is 1.32. The minimum absolute atomic E-state index is 0.553. The van der Waals surface area contributed by atoms with E-state index in [2.05, 4.69) is 0 Å². The third-order valence-corrected chi connectivity index (χ3v) is 5.03. The van der Waals surface area contributed by atoms with Crippen LogP contribution >= 0.6 is 0 Å². The van der Waals surface area contributed by atoms with Crippen LogP contribution in [-0.4, -0.2) is 0 Å². The summed E-state index contributed by atoms with van der Waals surface area (Å²) < 4.78 is 24.2. The van der Waals surface area contributed by atoms with Crippen molar-refractivity contribution in [1.29, 1.82) is 0 Å². The standard InChI is InChI=1S/C30H23NO4/c31-22-9-8-12-26(21-22)34-28-14-5-7-16-30(28)35-29-15-6-4-13-27(29)33-25-19-17-24(18-20-25)32-23-10-2-1-3-11-23/h1-21H,31H2. The Morgan fingerprint density at radius 2 is 0.771 bits per heavy atom. The van der Waals surface area contributed by atoms with Crippen LogP contribution in [0.5, 0.6) is 46.0 Å². The van der Waals surface area contributed by atoms with Gasteiger partial charge in [-0.05, 0) is 72.8 Å². The summed E-state index contributed by atoms with van der Waals surface area (Å²) in [5, 5.41) is 0. The van der Waals surface area contributed by atoms with Crippen molar-refractivity contribution >= 4 is 5.69 Å². The highest BCUT2D eigenvalue weighted by molar-refractivity contribution is 5.51. The number of hydrogen-bond donors (Lipinski definition) is 1. The number of ether oxygens (including phenoxy) is 4. The summed E-state index contributed by atoms with van der Waals surface area (Å²) in [7, 11) is 0. The van der Waals surface area contributed by atoms with E-state index in [-0.39, 0.29) is 0 Å². The van der Waals surface area contributed by atoms with E-state index in [0.717, 1.165) is 11.5 Å². The van der Waals surface area contributed by atoms with Crippen LogP contribution in [-0.2, 0) is 0 Å². The Morgan fingerprint density at radius 1 is 0.343 bits per heavy atom. The SMILES string of the molecule is Nc1cccc(Oc2ccccc2Oc2ccccc2Oc2ccc(Oc3ccccc3)cc2)c1. The third kappa shape index (κ3) is 5.72. The number of nitrogen functional groups attached to an aromatic ring is 1. The zero-order chi connectivity index (χ0) is 23.9. The molecule has 0 heterocycles. The Hall–Kier alpha value is -4.90. The fraction of sp³-hybridized carbons (Fsp3) is 0. The van der Waals surface area contributed by atoms with Gasteiger partial charge in [-0.1, -0.05) is 48.5 Å². The maximum absolute atomic E-state index is 6.21. The van der Waals surface area contributed by atoms with Crippen molar-refractivity contribution < 1.29 is 18.9 Å². The van der Waals surface area contributed by atoms with Crippen LogP contribution in [0.1, 0.15) is 0 Å². The van der Waals surface area contributed by atoms with Gasteiger partial charge in [-0.2, -0.15) is 0 Å². The molecule has 0 unspecified atom stereocenters. The number of para-hydroxylation sites is 5. The third-order valence-electron chi connectivity index (χ3n) is 5.03. The van der Waals surface area contributed by atoms with Gasteiger partial charge >= 0.3 is 0 Å². The van der Waals surface area contributed by atoms with Gasteiger partial charge in [0, 0.05) is 11.8 Å². The van der Waals surface area contributed by atoms with E-state index in [0.29, 0.717) is 40.2 Å². The highest BCUT2D eigenvalue weighted by Gasteiger charge is 2.12. The number of hydrogen-bond acceptors (Lipinski definition) is 5. The Kier molecular flexibility index (Phi) is 6.49. The molecule has 0 bridgehead atoms. The largest absolute Gasteiger partial charge is 0.457 e. The predicted molar refractivity (Wildman–Crippen MR) is 137 cm³/mol. The first kappa shape index (κ1) is 21.9. The van der Waals surface area contributed by atoms with Crippen molar-refractivity contribution in [3.05, 3.63) is 127 Å². The van der Waals surface area contributed by atoms with Crippen molar-refractivity contribution in [1.82, 2.24) is 0 Å². The first-order valence-electron chi connectivity index (χ1n) is 11.1. The van der Waals surface area contributed by atoms with E-state index in [1.54, 1.807) is 6.07 Å². The highest BCUT2D eigenvalue weighted by Crippen LogP contribution is 2.40. The van der Waals surface area contributed by atoms with Crippen molar-refractivity contribution in [2.45, 2.75) is 0 Å². The monoisotopic (exact) mass is 461 g/mol. The number of benzene rings is 5. The molecule has 2 N–H and O–H groups in total. The van der Waals surface area contributed by atoms with Gasteiger partial charge in [0.15, 0.2) is 23.0 Å². The zero-order valence-corrected chi connectivity index (χ0v) is 18.8. The Bertz CT molecular complexity index is 1400. The lowest BCUT2D eigenvalue weighted by atomic mass is 10.2. The second-order valence-corrected chi connectivity index (χ2v) is 7.66. The fourth-order valence-electron chi connectivity index (χ4n) is 3.39. The van der Waals surface area contributed by atoms with Crippen LogP contribution in [0.4, 0.5) is 5.69 Å². The molecule has 0 aliphatic rings. The summed E-state index contributed by atoms with van der Waals surface area (Å²) in [4.78, 5) is 0. The quantitative estimate of drug-likeness (QED) is 0.235. The van der Waals surface area contributed by atoms with Gasteiger partial charge in [-0.25, -0.2) is 0 Å². The number of anilines is 1. The molecule has 0 atom stereocenters. The number of rotatable bonds is 8. The molecule has 0 aliphatic carbocycles. The molecule has 5 nitrogen and oxygen atoms in total. The van der Waals surface area contributed by atoms with Gasteiger partial charge in [-0.3, -0.25) is 0 Å². The van der Waals surface area contributed by atoms with Crippen LogP contribution in [0.15, 0.2) is 127 Å². The smallest absolute Gasteiger partial charge is 0.170 e. The van der Waals surface area contributed by atoms with Gasteiger partial charge < -0.3 is 24.7 Å². The van der Waals surface area contributed by atoms with E-state index in [9.17, 15) is 0 Å². The van der Waals surface area contributed by atoms with Crippen molar-refractivity contribution in [3.63, 3.8) is 0 Å². The minimum atomic E-state index is 0.553. The first-order valence-corrected chi connectivity index (χ1v) is 11.1. The summed E-state index contributed by atoms with van der Waals surface area (Å²) >= 11 is 0. The normalized spacial score (nSPS) is 10.4. The molecule has 0 aliphatic heterocycles.